The maximum Gasteiger partial charge on any atom is 0.272 e. The Kier molecular flexibility index (Phi) is 3.55. The second-order valence-corrected chi connectivity index (χ2v) is 4.53. The summed E-state index contributed by atoms with van der Waals surface area (Å²) < 4.78 is 5.36. The zero-order chi connectivity index (χ0) is 14.7. The van der Waals surface area contributed by atoms with Crippen LogP contribution in [-0.2, 0) is 0 Å². The summed E-state index contributed by atoms with van der Waals surface area (Å²) in [6.07, 6.45) is 1.70. The molecule has 21 heavy (non-hydrogen) atoms. The Morgan fingerprint density at radius 2 is 2.10 bits per heavy atom. The molecule has 0 unspecified atom stereocenters. The van der Waals surface area contributed by atoms with Gasteiger partial charge < -0.3 is 15.0 Å². The van der Waals surface area contributed by atoms with Gasteiger partial charge >= 0.3 is 0 Å². The predicted octanol–water partition coefficient (Wildman–Crippen LogP) is 3.21. The molecule has 5 heteroatoms. The first kappa shape index (κ1) is 13.2. The lowest BCUT2D eigenvalue weighted by Crippen LogP contribution is -2.12. The van der Waals surface area contributed by atoms with E-state index < -0.39 is 0 Å². The Morgan fingerprint density at radius 1 is 1.29 bits per heavy atom. The molecule has 1 amide bonds. The van der Waals surface area contributed by atoms with Crippen molar-refractivity contribution in [1.82, 2.24) is 9.97 Å². The molecule has 0 bridgehead atoms. The van der Waals surface area contributed by atoms with Gasteiger partial charge in [0.2, 0.25) is 0 Å². The predicted molar refractivity (Wildman–Crippen MR) is 81.7 cm³/mol. The highest BCUT2D eigenvalue weighted by Gasteiger charge is 2.10. The molecule has 0 fully saturated rings. The van der Waals surface area contributed by atoms with E-state index in [-0.39, 0.29) is 5.91 Å². The van der Waals surface area contributed by atoms with Gasteiger partial charge in [-0.2, -0.15) is 0 Å². The molecule has 0 spiro atoms. The van der Waals surface area contributed by atoms with E-state index in [4.69, 9.17) is 4.74 Å². The zero-order valence-electron chi connectivity index (χ0n) is 11.6. The van der Waals surface area contributed by atoms with Gasteiger partial charge in [-0.1, -0.05) is 0 Å². The first-order chi connectivity index (χ1) is 10.3. The maximum absolute atomic E-state index is 12.2. The molecule has 5 nitrogen and oxygen atoms in total. The second kappa shape index (κ2) is 5.66. The monoisotopic (exact) mass is 281 g/mol. The highest BCUT2D eigenvalue weighted by atomic mass is 16.5. The summed E-state index contributed by atoms with van der Waals surface area (Å²) in [5, 5.41) is 2.83. The van der Waals surface area contributed by atoms with Crippen LogP contribution in [0.25, 0.3) is 11.0 Å². The van der Waals surface area contributed by atoms with Crippen LogP contribution in [0.4, 0.5) is 5.69 Å². The molecule has 2 heterocycles. The van der Waals surface area contributed by atoms with Crippen LogP contribution in [-0.4, -0.2) is 22.5 Å². The number of benzene rings is 1. The van der Waals surface area contributed by atoms with Crippen molar-refractivity contribution < 1.29 is 9.53 Å². The highest BCUT2D eigenvalue weighted by molar-refractivity contribution is 6.05. The van der Waals surface area contributed by atoms with Gasteiger partial charge in [0.25, 0.3) is 5.91 Å². The lowest BCUT2D eigenvalue weighted by Gasteiger charge is -2.06. The van der Waals surface area contributed by atoms with E-state index in [1.807, 2.05) is 43.3 Å². The minimum atomic E-state index is -0.197. The minimum Gasteiger partial charge on any atom is -0.494 e. The van der Waals surface area contributed by atoms with E-state index in [9.17, 15) is 4.79 Å². The average Bonchev–Trinajstić information content (AvgIpc) is 2.94. The maximum atomic E-state index is 12.2. The fourth-order valence-electron chi connectivity index (χ4n) is 2.08. The summed E-state index contributed by atoms with van der Waals surface area (Å²) in [4.78, 5) is 19.4. The normalized spacial score (nSPS) is 10.5. The van der Waals surface area contributed by atoms with Crippen LogP contribution in [0.3, 0.4) is 0 Å². The Balaban J connectivity index is 1.76. The average molecular weight is 281 g/mol. The number of ether oxygens (including phenoxy) is 1. The molecule has 1 aromatic carbocycles. The number of fused-ring (bicyclic) bond motifs is 1. The molecule has 0 aliphatic rings. The van der Waals surface area contributed by atoms with Crippen molar-refractivity contribution in [3.05, 3.63) is 54.4 Å². The number of rotatable bonds is 4. The van der Waals surface area contributed by atoms with Crippen molar-refractivity contribution in [3.8, 4) is 5.75 Å². The lowest BCUT2D eigenvalue weighted by molar-refractivity contribution is 0.102. The number of aromatic nitrogens is 2. The van der Waals surface area contributed by atoms with Gasteiger partial charge in [-0.05, 0) is 49.4 Å². The number of amides is 1. The second-order valence-electron chi connectivity index (χ2n) is 4.53. The van der Waals surface area contributed by atoms with Crippen LogP contribution in [0, 0.1) is 0 Å². The quantitative estimate of drug-likeness (QED) is 0.771. The van der Waals surface area contributed by atoms with Crippen molar-refractivity contribution >= 4 is 22.6 Å². The van der Waals surface area contributed by atoms with Crippen LogP contribution in [0.15, 0.2) is 48.7 Å². The number of nitrogens with zero attached hydrogens (tertiary/aromatic N) is 1. The van der Waals surface area contributed by atoms with E-state index in [0.717, 1.165) is 22.5 Å². The van der Waals surface area contributed by atoms with Gasteiger partial charge in [0.05, 0.1) is 17.6 Å². The number of aromatic amines is 1. The molecule has 0 radical (unpaired) electrons. The fourth-order valence-corrected chi connectivity index (χ4v) is 2.08. The molecule has 0 aliphatic heterocycles. The van der Waals surface area contributed by atoms with Crippen LogP contribution in [0.5, 0.6) is 5.75 Å². The van der Waals surface area contributed by atoms with Crippen molar-refractivity contribution in [2.45, 2.75) is 6.92 Å². The molecule has 3 rings (SSSR count). The number of H-pyrrole nitrogens is 1. The largest absolute Gasteiger partial charge is 0.494 e. The summed E-state index contributed by atoms with van der Waals surface area (Å²) in [6, 6.07) is 12.7. The zero-order valence-corrected chi connectivity index (χ0v) is 11.6. The third kappa shape index (κ3) is 2.86. The van der Waals surface area contributed by atoms with Crippen molar-refractivity contribution in [2.24, 2.45) is 0 Å². The Bertz CT molecular complexity index is 730. The molecule has 0 aliphatic carbocycles. The highest BCUT2D eigenvalue weighted by Crippen LogP contribution is 2.17. The van der Waals surface area contributed by atoms with Gasteiger partial charge in [-0.15, -0.1) is 0 Å². The smallest absolute Gasteiger partial charge is 0.272 e. The summed E-state index contributed by atoms with van der Waals surface area (Å²) in [7, 11) is 0. The Hall–Kier alpha value is -2.82. The standard InChI is InChI=1S/C16H15N3O2/c1-2-21-12-7-5-11(6-8-12)18-16(20)15-10-14-13(19-15)4-3-9-17-14/h3-10,19H,2H2,1H3,(H,18,20). The van der Waals surface area contributed by atoms with Gasteiger partial charge in [0.15, 0.2) is 0 Å². The van der Waals surface area contributed by atoms with Crippen LogP contribution < -0.4 is 10.1 Å². The summed E-state index contributed by atoms with van der Waals surface area (Å²) in [5.74, 6) is 0.586. The van der Waals surface area contributed by atoms with E-state index in [2.05, 4.69) is 15.3 Å². The first-order valence-electron chi connectivity index (χ1n) is 6.74. The van der Waals surface area contributed by atoms with E-state index in [1.165, 1.54) is 0 Å². The third-order valence-electron chi connectivity index (χ3n) is 3.06. The number of carbonyl (C=O) groups is 1. The number of hydrogen-bond donors (Lipinski definition) is 2. The van der Waals surface area contributed by atoms with Crippen molar-refractivity contribution in [3.63, 3.8) is 0 Å². The first-order valence-corrected chi connectivity index (χ1v) is 6.74. The molecule has 2 aromatic heterocycles. The third-order valence-corrected chi connectivity index (χ3v) is 3.06. The number of anilines is 1. The summed E-state index contributed by atoms with van der Waals surface area (Å²) >= 11 is 0. The molecule has 0 saturated carbocycles. The van der Waals surface area contributed by atoms with E-state index in [0.29, 0.717) is 12.3 Å². The molecule has 0 atom stereocenters. The number of hydrogen-bond acceptors (Lipinski definition) is 3. The summed E-state index contributed by atoms with van der Waals surface area (Å²) in [5.41, 5.74) is 2.82. The van der Waals surface area contributed by atoms with Crippen LogP contribution in [0.2, 0.25) is 0 Å². The van der Waals surface area contributed by atoms with Crippen molar-refractivity contribution in [2.75, 3.05) is 11.9 Å². The van der Waals surface area contributed by atoms with Crippen LogP contribution >= 0.6 is 0 Å². The van der Waals surface area contributed by atoms with Crippen LogP contribution in [0.1, 0.15) is 17.4 Å². The van der Waals surface area contributed by atoms with Gasteiger partial charge in [-0.25, -0.2) is 0 Å². The van der Waals surface area contributed by atoms with E-state index in [1.54, 1.807) is 12.3 Å². The lowest BCUT2D eigenvalue weighted by atomic mass is 10.3. The van der Waals surface area contributed by atoms with E-state index >= 15 is 0 Å². The molecule has 3 aromatic rings. The summed E-state index contributed by atoms with van der Waals surface area (Å²) in [6.45, 7) is 2.55. The topological polar surface area (TPSA) is 67.0 Å². The van der Waals surface area contributed by atoms with Gasteiger partial charge in [0, 0.05) is 11.9 Å². The number of nitrogens with one attached hydrogen (secondary N) is 2. The fraction of sp³-hybridized carbons (Fsp3) is 0.125. The molecule has 2 N–H and O–H groups in total. The molecule has 106 valence electrons. The SMILES string of the molecule is CCOc1ccc(NC(=O)c2cc3ncccc3[nH]2)cc1. The minimum absolute atomic E-state index is 0.197. The van der Waals surface area contributed by atoms with Crippen molar-refractivity contribution in [1.29, 1.82) is 0 Å². The number of carbonyl (C=O) groups excluding carboxylic acids is 1. The molecular weight excluding hydrogens is 266 g/mol. The Labute approximate surface area is 122 Å². The van der Waals surface area contributed by atoms with Gasteiger partial charge in [-0.3, -0.25) is 9.78 Å². The Morgan fingerprint density at radius 3 is 2.81 bits per heavy atom. The van der Waals surface area contributed by atoms with Gasteiger partial charge in [0.1, 0.15) is 11.4 Å². The number of pyridine rings is 1. The molecule has 0 saturated heterocycles. The molecular formula is C16H15N3O2.